The van der Waals surface area contributed by atoms with Gasteiger partial charge in [0.2, 0.25) is 0 Å². The first-order chi connectivity index (χ1) is 14.7. The van der Waals surface area contributed by atoms with Gasteiger partial charge in [0, 0.05) is 41.3 Å². The largest absolute Gasteiger partial charge is 0.343 e. The normalized spacial score (nSPS) is 12.4. The Balaban J connectivity index is 1.60. The molecule has 0 saturated carbocycles. The van der Waals surface area contributed by atoms with Crippen LogP contribution in [0.5, 0.6) is 0 Å². The van der Waals surface area contributed by atoms with Crippen molar-refractivity contribution in [3.8, 4) is 0 Å². The maximum atomic E-state index is 13.4. The van der Waals surface area contributed by atoms with E-state index in [2.05, 4.69) is 71.5 Å². The van der Waals surface area contributed by atoms with E-state index in [1.54, 1.807) is 6.07 Å². The van der Waals surface area contributed by atoms with Crippen molar-refractivity contribution < 1.29 is 4.39 Å². The maximum Gasteiger partial charge on any atom is 0.124 e. The number of aromatic nitrogens is 1. The van der Waals surface area contributed by atoms with Gasteiger partial charge in [0.15, 0.2) is 0 Å². The summed E-state index contributed by atoms with van der Waals surface area (Å²) in [5.74, 6) is -0.311. The van der Waals surface area contributed by atoms with Gasteiger partial charge in [-0.2, -0.15) is 0 Å². The Hall–Kier alpha value is -2.62. The van der Waals surface area contributed by atoms with Crippen LogP contribution in [0.15, 0.2) is 79.0 Å². The van der Waals surface area contributed by atoms with Crippen LogP contribution in [0.3, 0.4) is 0 Å². The Morgan fingerprint density at radius 1 is 0.967 bits per heavy atom. The monoisotopic (exact) mass is 420 g/mol. The number of hydrogen-bond donors (Lipinski definition) is 1. The molecule has 0 aliphatic carbocycles. The molecule has 4 rings (SSSR count). The van der Waals surface area contributed by atoms with Gasteiger partial charge in [0.05, 0.1) is 0 Å². The highest BCUT2D eigenvalue weighted by atomic mass is 35.5. The Morgan fingerprint density at radius 3 is 2.50 bits per heavy atom. The van der Waals surface area contributed by atoms with E-state index in [1.807, 2.05) is 6.07 Å². The molecule has 0 fully saturated rings. The summed E-state index contributed by atoms with van der Waals surface area (Å²) in [4.78, 5) is 0. The lowest BCUT2D eigenvalue weighted by molar-refractivity contribution is 0.494. The van der Waals surface area contributed by atoms with Crippen molar-refractivity contribution in [3.63, 3.8) is 0 Å². The summed E-state index contributed by atoms with van der Waals surface area (Å²) in [6.07, 6.45) is 4.40. The molecule has 1 heterocycles. The van der Waals surface area contributed by atoms with Crippen molar-refractivity contribution in [1.29, 1.82) is 0 Å². The summed E-state index contributed by atoms with van der Waals surface area (Å²) in [5.41, 5.74) is 4.63. The van der Waals surface area contributed by atoms with E-state index in [4.69, 9.17) is 11.6 Å². The number of hydrogen-bond acceptors (Lipinski definition) is 1. The number of para-hydroxylation sites is 1. The van der Waals surface area contributed by atoms with Gasteiger partial charge in [-0.3, -0.25) is 0 Å². The van der Waals surface area contributed by atoms with Gasteiger partial charge in [-0.05, 0) is 41.3 Å². The molecule has 4 heteroatoms. The zero-order valence-corrected chi connectivity index (χ0v) is 17.9. The van der Waals surface area contributed by atoms with Gasteiger partial charge in [-0.25, -0.2) is 4.39 Å². The van der Waals surface area contributed by atoms with E-state index in [-0.39, 0.29) is 5.82 Å². The average Bonchev–Trinajstić information content (AvgIpc) is 3.11. The minimum absolute atomic E-state index is 0.311. The quantitative estimate of drug-likeness (QED) is 0.321. The fraction of sp³-hybridized carbons (Fsp3) is 0.231. The molecule has 0 aliphatic rings. The number of fused-ring (bicyclic) bond motifs is 1. The molecule has 2 nitrogen and oxygen atoms in total. The summed E-state index contributed by atoms with van der Waals surface area (Å²) in [5, 5.41) is 5.44. The van der Waals surface area contributed by atoms with Gasteiger partial charge >= 0.3 is 0 Å². The van der Waals surface area contributed by atoms with Gasteiger partial charge in [0.1, 0.15) is 5.82 Å². The minimum Gasteiger partial charge on any atom is -0.343 e. The molecular formula is C26H26ClFN2. The van der Waals surface area contributed by atoms with Crippen molar-refractivity contribution in [1.82, 2.24) is 9.88 Å². The molecule has 0 saturated heterocycles. The van der Waals surface area contributed by atoms with Crippen LogP contribution in [0.4, 0.5) is 4.39 Å². The van der Waals surface area contributed by atoms with Gasteiger partial charge in [0.25, 0.3) is 0 Å². The van der Waals surface area contributed by atoms with Crippen LogP contribution in [-0.2, 0) is 13.1 Å². The summed E-state index contributed by atoms with van der Waals surface area (Å²) in [6.45, 7) is 3.61. The lowest BCUT2D eigenvalue weighted by Gasteiger charge is -2.18. The van der Waals surface area contributed by atoms with Gasteiger partial charge in [-0.1, -0.05) is 79.5 Å². The Labute approximate surface area is 182 Å². The van der Waals surface area contributed by atoms with Crippen LogP contribution in [-0.4, -0.2) is 4.57 Å². The van der Waals surface area contributed by atoms with Crippen LogP contribution < -0.4 is 5.32 Å². The molecule has 1 N–H and O–H groups in total. The Kier molecular flexibility index (Phi) is 6.51. The summed E-state index contributed by atoms with van der Waals surface area (Å²) >= 11 is 6.28. The predicted molar refractivity (Wildman–Crippen MR) is 123 cm³/mol. The van der Waals surface area contributed by atoms with Crippen LogP contribution in [0.2, 0.25) is 5.02 Å². The lowest BCUT2D eigenvalue weighted by atomic mass is 10.0. The second-order valence-corrected chi connectivity index (χ2v) is 8.08. The first-order valence-corrected chi connectivity index (χ1v) is 10.8. The van der Waals surface area contributed by atoms with Crippen molar-refractivity contribution in [3.05, 3.63) is 107 Å². The van der Waals surface area contributed by atoms with Crippen LogP contribution in [0.25, 0.3) is 10.9 Å². The van der Waals surface area contributed by atoms with Crippen molar-refractivity contribution >= 4 is 22.5 Å². The smallest absolute Gasteiger partial charge is 0.124 e. The number of halogens is 2. The van der Waals surface area contributed by atoms with Gasteiger partial charge in [-0.15, -0.1) is 0 Å². The fourth-order valence-electron chi connectivity index (χ4n) is 4.02. The molecule has 0 spiro atoms. The van der Waals surface area contributed by atoms with E-state index in [9.17, 15) is 4.39 Å². The molecule has 154 valence electrons. The highest BCUT2D eigenvalue weighted by Crippen LogP contribution is 2.26. The van der Waals surface area contributed by atoms with Crippen molar-refractivity contribution in [2.45, 2.75) is 38.9 Å². The topological polar surface area (TPSA) is 17.0 Å². The molecule has 0 radical (unpaired) electrons. The molecule has 0 unspecified atom stereocenters. The van der Waals surface area contributed by atoms with E-state index >= 15 is 0 Å². The molecule has 0 aliphatic heterocycles. The van der Waals surface area contributed by atoms with E-state index in [0.717, 1.165) is 30.5 Å². The summed E-state index contributed by atoms with van der Waals surface area (Å²) in [7, 11) is 0. The molecule has 3 aromatic carbocycles. The molecule has 30 heavy (non-hydrogen) atoms. The highest BCUT2D eigenvalue weighted by Gasteiger charge is 2.14. The van der Waals surface area contributed by atoms with E-state index < -0.39 is 0 Å². The Bertz CT molecular complexity index is 1120. The minimum atomic E-state index is -0.311. The average molecular weight is 421 g/mol. The number of nitrogens with one attached hydrogen (secondary N) is 1. The maximum absolute atomic E-state index is 13.4. The second kappa shape index (κ2) is 9.46. The van der Waals surface area contributed by atoms with E-state index in [1.165, 1.54) is 28.6 Å². The molecule has 4 aromatic rings. The van der Waals surface area contributed by atoms with Crippen LogP contribution in [0, 0.1) is 5.82 Å². The Morgan fingerprint density at radius 2 is 1.73 bits per heavy atom. The zero-order chi connectivity index (χ0) is 20.9. The summed E-state index contributed by atoms with van der Waals surface area (Å²) in [6, 6.07) is 23.9. The lowest BCUT2D eigenvalue weighted by Crippen LogP contribution is -2.20. The third-order valence-electron chi connectivity index (χ3n) is 5.55. The predicted octanol–water partition coefficient (Wildman–Crippen LogP) is 7.11. The molecule has 0 bridgehead atoms. The number of benzene rings is 3. The molecule has 0 amide bonds. The standard InChI is InChI=1S/C26H26ClFN2/c1-2-8-25(19-9-4-3-5-10-19)29-16-21-18-30(26-12-7-6-11-23(21)26)17-20-13-14-22(28)15-24(20)27/h3-7,9-15,18,25,29H,2,8,16-17H2,1H3/t25-/m0/s1. The van der Waals surface area contributed by atoms with Gasteiger partial charge < -0.3 is 9.88 Å². The highest BCUT2D eigenvalue weighted by molar-refractivity contribution is 6.31. The van der Waals surface area contributed by atoms with Crippen LogP contribution in [0.1, 0.15) is 42.5 Å². The second-order valence-electron chi connectivity index (χ2n) is 7.67. The van der Waals surface area contributed by atoms with Crippen molar-refractivity contribution in [2.24, 2.45) is 0 Å². The molecular weight excluding hydrogens is 395 g/mol. The number of rotatable bonds is 8. The van der Waals surface area contributed by atoms with Crippen molar-refractivity contribution in [2.75, 3.05) is 0 Å². The van der Waals surface area contributed by atoms with Crippen LogP contribution >= 0.6 is 11.6 Å². The van der Waals surface area contributed by atoms with E-state index in [0.29, 0.717) is 17.6 Å². The fourth-order valence-corrected chi connectivity index (χ4v) is 4.25. The SMILES string of the molecule is CCC[C@H](NCc1cn(Cc2ccc(F)cc2Cl)c2ccccc12)c1ccccc1. The third-order valence-corrected chi connectivity index (χ3v) is 5.90. The first kappa shape index (κ1) is 20.6. The molecule has 1 atom stereocenters. The molecule has 1 aromatic heterocycles. The third kappa shape index (κ3) is 4.58. The summed E-state index contributed by atoms with van der Waals surface area (Å²) < 4.78 is 15.6. The zero-order valence-electron chi connectivity index (χ0n) is 17.1. The first-order valence-electron chi connectivity index (χ1n) is 10.4. The number of nitrogens with zero attached hydrogens (tertiary/aromatic N) is 1.